The molecule has 0 aromatic heterocycles. The quantitative estimate of drug-likeness (QED) is 0.604. The molecule has 0 amide bonds. The van der Waals surface area contributed by atoms with Gasteiger partial charge < -0.3 is 4.74 Å². The van der Waals surface area contributed by atoms with Gasteiger partial charge in [0.1, 0.15) is 5.75 Å². The van der Waals surface area contributed by atoms with Crippen LogP contribution >= 0.6 is 0 Å². The standard InChI is InChI=1S/C16H19N3O5/c1-2-17-11-15(18(20)21)9-8-14(16(10-15,12-17)19(22)23)24-13-6-4-3-5-7-13/h3-8H,2,9-12H2,1H3. The van der Waals surface area contributed by atoms with Gasteiger partial charge in [-0.2, -0.15) is 0 Å². The van der Waals surface area contributed by atoms with Crippen LogP contribution < -0.4 is 4.74 Å². The van der Waals surface area contributed by atoms with Crippen LogP contribution in [0.15, 0.2) is 42.2 Å². The van der Waals surface area contributed by atoms with E-state index in [2.05, 4.69) is 0 Å². The Kier molecular flexibility index (Phi) is 4.00. The number of piperidine rings is 1. The average molecular weight is 333 g/mol. The zero-order chi connectivity index (χ0) is 17.4. The third-order valence-corrected chi connectivity index (χ3v) is 4.91. The van der Waals surface area contributed by atoms with E-state index in [0.717, 1.165) is 0 Å². The summed E-state index contributed by atoms with van der Waals surface area (Å²) in [6.07, 6.45) is 1.53. The van der Waals surface area contributed by atoms with Gasteiger partial charge in [-0.25, -0.2) is 0 Å². The van der Waals surface area contributed by atoms with Crippen molar-refractivity contribution in [2.45, 2.75) is 30.8 Å². The van der Waals surface area contributed by atoms with E-state index >= 15 is 0 Å². The zero-order valence-corrected chi connectivity index (χ0v) is 13.4. The van der Waals surface area contributed by atoms with Crippen molar-refractivity contribution >= 4 is 0 Å². The molecule has 0 N–H and O–H groups in total. The number of ether oxygens (including phenoxy) is 1. The largest absolute Gasteiger partial charge is 0.454 e. The fraction of sp³-hybridized carbons (Fsp3) is 0.500. The van der Waals surface area contributed by atoms with Gasteiger partial charge in [-0.1, -0.05) is 25.1 Å². The molecule has 24 heavy (non-hydrogen) atoms. The Balaban J connectivity index is 2.04. The highest BCUT2D eigenvalue weighted by atomic mass is 16.6. The molecule has 2 unspecified atom stereocenters. The van der Waals surface area contributed by atoms with Gasteiger partial charge in [-0.05, 0) is 24.8 Å². The molecule has 8 heteroatoms. The second-order valence-corrected chi connectivity index (χ2v) is 6.44. The molecule has 2 aliphatic rings. The monoisotopic (exact) mass is 333 g/mol. The highest BCUT2D eigenvalue weighted by Gasteiger charge is 2.66. The van der Waals surface area contributed by atoms with Gasteiger partial charge in [0.05, 0.1) is 19.5 Å². The van der Waals surface area contributed by atoms with Crippen LogP contribution in [0, 0.1) is 20.2 Å². The maximum absolute atomic E-state index is 11.9. The number of para-hydroxylation sites is 1. The Morgan fingerprint density at radius 2 is 1.88 bits per heavy atom. The molecular weight excluding hydrogens is 314 g/mol. The number of hydrogen-bond donors (Lipinski definition) is 0. The molecule has 1 heterocycles. The topological polar surface area (TPSA) is 98.8 Å². The third kappa shape index (κ3) is 2.52. The summed E-state index contributed by atoms with van der Waals surface area (Å²) in [4.78, 5) is 24.6. The van der Waals surface area contributed by atoms with Crippen LogP contribution in [0.25, 0.3) is 0 Å². The van der Waals surface area contributed by atoms with E-state index < -0.39 is 16.0 Å². The minimum absolute atomic E-state index is 0.116. The third-order valence-electron chi connectivity index (χ3n) is 4.91. The van der Waals surface area contributed by atoms with Crippen LogP contribution in [-0.4, -0.2) is 45.5 Å². The second-order valence-electron chi connectivity index (χ2n) is 6.44. The number of nitrogens with zero attached hydrogens (tertiary/aromatic N) is 3. The first-order valence-corrected chi connectivity index (χ1v) is 7.87. The van der Waals surface area contributed by atoms with Crippen LogP contribution in [0.3, 0.4) is 0 Å². The van der Waals surface area contributed by atoms with Crippen LogP contribution in [0.2, 0.25) is 0 Å². The number of hydrogen-bond acceptors (Lipinski definition) is 6. The van der Waals surface area contributed by atoms with Gasteiger partial charge in [0, 0.05) is 16.3 Å². The van der Waals surface area contributed by atoms with Gasteiger partial charge in [0.15, 0.2) is 5.76 Å². The Morgan fingerprint density at radius 1 is 1.17 bits per heavy atom. The zero-order valence-electron chi connectivity index (χ0n) is 13.4. The number of rotatable bonds is 5. The number of likely N-dealkylation sites (tertiary alicyclic amines) is 1. The fourth-order valence-electron chi connectivity index (χ4n) is 3.66. The van der Waals surface area contributed by atoms with Crippen molar-refractivity contribution in [2.24, 2.45) is 0 Å². The van der Waals surface area contributed by atoms with Crippen molar-refractivity contribution in [3.8, 4) is 5.75 Å². The Morgan fingerprint density at radius 3 is 2.46 bits per heavy atom. The Labute approximate surface area is 139 Å². The van der Waals surface area contributed by atoms with Gasteiger partial charge in [0.2, 0.25) is 5.54 Å². The molecule has 1 aliphatic heterocycles. The van der Waals surface area contributed by atoms with Crippen molar-refractivity contribution in [1.82, 2.24) is 4.90 Å². The summed E-state index contributed by atoms with van der Waals surface area (Å²) in [5, 5.41) is 23.6. The lowest BCUT2D eigenvalue weighted by molar-refractivity contribution is -0.623. The first-order valence-electron chi connectivity index (χ1n) is 7.87. The predicted molar refractivity (Wildman–Crippen MR) is 86.0 cm³/mol. The molecule has 0 radical (unpaired) electrons. The average Bonchev–Trinajstić information content (AvgIpc) is 2.58. The molecule has 8 nitrogen and oxygen atoms in total. The minimum atomic E-state index is -1.59. The van der Waals surface area contributed by atoms with E-state index in [4.69, 9.17) is 4.74 Å². The van der Waals surface area contributed by atoms with E-state index in [-0.39, 0.29) is 36.6 Å². The highest BCUT2D eigenvalue weighted by Crippen LogP contribution is 2.44. The van der Waals surface area contributed by atoms with Crippen LogP contribution in [0.4, 0.5) is 0 Å². The van der Waals surface area contributed by atoms with Gasteiger partial charge in [0.25, 0.3) is 5.54 Å². The SMILES string of the molecule is CCN1CC2([N+](=O)[O-])CC=C(Oc3ccccc3)C([N+](=O)[O-])(C1)C2. The summed E-state index contributed by atoms with van der Waals surface area (Å²) in [6.45, 7) is 2.71. The smallest absolute Gasteiger partial charge is 0.297 e. The van der Waals surface area contributed by atoms with E-state index in [1.807, 2.05) is 13.0 Å². The van der Waals surface area contributed by atoms with Crippen molar-refractivity contribution in [1.29, 1.82) is 0 Å². The summed E-state index contributed by atoms with van der Waals surface area (Å²) in [7, 11) is 0. The molecule has 128 valence electrons. The van der Waals surface area contributed by atoms with Crippen molar-refractivity contribution in [3.05, 3.63) is 62.4 Å². The molecule has 1 aromatic carbocycles. The minimum Gasteiger partial charge on any atom is -0.454 e. The molecule has 2 bridgehead atoms. The van der Waals surface area contributed by atoms with Gasteiger partial charge in [-0.3, -0.25) is 25.1 Å². The summed E-state index contributed by atoms with van der Waals surface area (Å²) in [6, 6.07) is 8.80. The lowest BCUT2D eigenvalue weighted by Gasteiger charge is -2.45. The lowest BCUT2D eigenvalue weighted by atomic mass is 9.71. The van der Waals surface area contributed by atoms with Crippen LogP contribution in [-0.2, 0) is 0 Å². The van der Waals surface area contributed by atoms with Crippen LogP contribution in [0.5, 0.6) is 5.75 Å². The van der Waals surface area contributed by atoms with E-state index in [9.17, 15) is 20.2 Å². The molecule has 1 fully saturated rings. The lowest BCUT2D eigenvalue weighted by Crippen LogP contribution is -2.67. The number of likely N-dealkylation sites (N-methyl/N-ethyl adjacent to an activating group) is 1. The van der Waals surface area contributed by atoms with E-state index in [1.54, 1.807) is 29.2 Å². The molecule has 3 rings (SSSR count). The fourth-order valence-corrected chi connectivity index (χ4v) is 3.66. The Hall–Kier alpha value is -2.48. The van der Waals surface area contributed by atoms with Crippen LogP contribution in [0.1, 0.15) is 19.8 Å². The number of fused-ring (bicyclic) bond motifs is 2. The summed E-state index contributed by atoms with van der Waals surface area (Å²) in [5.74, 6) is 0.696. The molecule has 0 spiro atoms. The normalized spacial score (nSPS) is 29.6. The molecule has 1 saturated heterocycles. The predicted octanol–water partition coefficient (Wildman–Crippen LogP) is 2.11. The second kappa shape index (κ2) is 5.86. The van der Waals surface area contributed by atoms with Crippen molar-refractivity contribution in [3.63, 3.8) is 0 Å². The maximum Gasteiger partial charge on any atom is 0.297 e. The molecule has 0 saturated carbocycles. The van der Waals surface area contributed by atoms with Gasteiger partial charge >= 0.3 is 0 Å². The number of nitro groups is 2. The molecule has 1 aliphatic carbocycles. The van der Waals surface area contributed by atoms with E-state index in [1.165, 1.54) is 6.08 Å². The first kappa shape index (κ1) is 16.4. The summed E-state index contributed by atoms with van der Waals surface area (Å²) < 4.78 is 5.79. The maximum atomic E-state index is 11.9. The van der Waals surface area contributed by atoms with Gasteiger partial charge in [-0.15, -0.1) is 0 Å². The molecule has 2 atom stereocenters. The first-order chi connectivity index (χ1) is 11.4. The summed E-state index contributed by atoms with van der Waals surface area (Å²) >= 11 is 0. The number of benzene rings is 1. The highest BCUT2D eigenvalue weighted by molar-refractivity contribution is 5.30. The summed E-state index contributed by atoms with van der Waals surface area (Å²) in [5.41, 5.74) is -2.92. The molecule has 1 aromatic rings. The molecular formula is C16H19N3O5. The van der Waals surface area contributed by atoms with Crippen molar-refractivity contribution in [2.75, 3.05) is 19.6 Å². The van der Waals surface area contributed by atoms with E-state index in [0.29, 0.717) is 12.3 Å². The van der Waals surface area contributed by atoms with Crippen molar-refractivity contribution < 1.29 is 14.6 Å². The Bertz CT molecular complexity index is 692.